The lowest BCUT2D eigenvalue weighted by molar-refractivity contribution is -0.141. The molecule has 25 heavy (non-hydrogen) atoms. The first-order valence-corrected chi connectivity index (χ1v) is 10.4. The maximum atomic E-state index is 11.3. The number of aromatic nitrogens is 2. The first-order chi connectivity index (χ1) is 11.9. The number of likely N-dealkylation sites (tertiary alicyclic amines) is 1. The van der Waals surface area contributed by atoms with Gasteiger partial charge in [0.25, 0.3) is 0 Å². The Bertz CT molecular complexity index is 562. The van der Waals surface area contributed by atoms with Gasteiger partial charge in [0.05, 0.1) is 31.1 Å². The molecular formula is C17H30N4O3S. The molecule has 1 aromatic rings. The monoisotopic (exact) mass is 370 g/mol. The number of ether oxygens (including phenoxy) is 1. The van der Waals surface area contributed by atoms with E-state index in [2.05, 4.69) is 33.8 Å². The number of aliphatic hydroxyl groups is 1. The summed E-state index contributed by atoms with van der Waals surface area (Å²) in [5.74, 6) is 2.19. The van der Waals surface area contributed by atoms with Gasteiger partial charge < -0.3 is 14.4 Å². The van der Waals surface area contributed by atoms with Gasteiger partial charge in [-0.1, -0.05) is 19.0 Å². The van der Waals surface area contributed by atoms with Gasteiger partial charge in [0.2, 0.25) is 5.89 Å². The van der Waals surface area contributed by atoms with E-state index >= 15 is 0 Å². The molecule has 2 saturated heterocycles. The van der Waals surface area contributed by atoms with Crippen LogP contribution in [0.5, 0.6) is 0 Å². The summed E-state index contributed by atoms with van der Waals surface area (Å²) < 4.78 is 10.8. The number of nitrogens with zero attached hydrogens (tertiary/aromatic N) is 4. The predicted octanol–water partition coefficient (Wildman–Crippen LogP) is 1.23. The highest BCUT2D eigenvalue weighted by Gasteiger charge is 2.48. The quantitative estimate of drug-likeness (QED) is 0.801. The molecule has 2 fully saturated rings. The van der Waals surface area contributed by atoms with Gasteiger partial charge in [-0.3, -0.25) is 9.80 Å². The molecule has 0 amide bonds. The molecular weight excluding hydrogens is 340 g/mol. The van der Waals surface area contributed by atoms with E-state index in [0.717, 1.165) is 63.9 Å². The van der Waals surface area contributed by atoms with Crippen molar-refractivity contribution in [3.63, 3.8) is 0 Å². The minimum Gasteiger partial charge on any atom is -0.388 e. The summed E-state index contributed by atoms with van der Waals surface area (Å²) in [4.78, 5) is 9.08. The molecule has 0 radical (unpaired) electrons. The fraction of sp³-hybridized carbons (Fsp3) is 0.882. The second-order valence-corrected chi connectivity index (χ2v) is 8.67. The van der Waals surface area contributed by atoms with Crippen LogP contribution in [0.1, 0.15) is 32.0 Å². The fourth-order valence-corrected chi connectivity index (χ4v) is 4.13. The summed E-state index contributed by atoms with van der Waals surface area (Å²) in [6.07, 6.45) is 2.78. The smallest absolute Gasteiger partial charge is 0.240 e. The topological polar surface area (TPSA) is 74.9 Å². The molecule has 0 spiro atoms. The van der Waals surface area contributed by atoms with Crippen molar-refractivity contribution in [3.8, 4) is 0 Å². The second-order valence-electron chi connectivity index (χ2n) is 7.80. The Balaban J connectivity index is 1.58. The summed E-state index contributed by atoms with van der Waals surface area (Å²) in [6.45, 7) is 10.7. The van der Waals surface area contributed by atoms with Crippen LogP contribution in [0, 0.1) is 5.41 Å². The van der Waals surface area contributed by atoms with Crippen LogP contribution in [0.25, 0.3) is 0 Å². The van der Waals surface area contributed by atoms with Gasteiger partial charge in [-0.2, -0.15) is 16.7 Å². The van der Waals surface area contributed by atoms with Gasteiger partial charge in [0.15, 0.2) is 5.82 Å². The molecule has 2 aliphatic rings. The number of hydrogen-bond acceptors (Lipinski definition) is 8. The number of rotatable bonds is 6. The van der Waals surface area contributed by atoms with E-state index in [-0.39, 0.29) is 5.41 Å². The largest absolute Gasteiger partial charge is 0.388 e. The Morgan fingerprint density at radius 3 is 2.64 bits per heavy atom. The zero-order valence-corrected chi connectivity index (χ0v) is 16.3. The Hall–Kier alpha value is -0.670. The molecule has 8 heteroatoms. The molecule has 3 heterocycles. The van der Waals surface area contributed by atoms with E-state index in [9.17, 15) is 5.11 Å². The molecule has 3 rings (SSSR count). The van der Waals surface area contributed by atoms with Crippen LogP contribution in [0.2, 0.25) is 0 Å². The highest BCUT2D eigenvalue weighted by Crippen LogP contribution is 2.39. The first-order valence-electron chi connectivity index (χ1n) is 8.97. The van der Waals surface area contributed by atoms with Crippen LogP contribution < -0.4 is 0 Å². The molecule has 1 aromatic heterocycles. The minimum atomic E-state index is -0.681. The normalized spacial score (nSPS) is 28.3. The average Bonchev–Trinajstić information content (AvgIpc) is 3.00. The van der Waals surface area contributed by atoms with Crippen LogP contribution in [0.4, 0.5) is 0 Å². The van der Waals surface area contributed by atoms with E-state index in [4.69, 9.17) is 9.26 Å². The number of morpholine rings is 1. The van der Waals surface area contributed by atoms with Crippen LogP contribution in [0.15, 0.2) is 4.52 Å². The number of piperidine rings is 1. The minimum absolute atomic E-state index is 0.203. The molecule has 0 unspecified atom stereocenters. The zero-order chi connectivity index (χ0) is 17.9. The van der Waals surface area contributed by atoms with Gasteiger partial charge in [0.1, 0.15) is 0 Å². The van der Waals surface area contributed by atoms with Gasteiger partial charge in [-0.05, 0) is 12.7 Å². The second kappa shape index (κ2) is 7.92. The number of β-amino-alcohol motifs (C(OH)–C–C–N with tert-alkyl or cyclic N) is 1. The van der Waals surface area contributed by atoms with Crippen molar-refractivity contribution in [1.82, 2.24) is 19.9 Å². The van der Waals surface area contributed by atoms with Crippen molar-refractivity contribution in [2.24, 2.45) is 5.41 Å². The van der Waals surface area contributed by atoms with Crippen LogP contribution in [0.3, 0.4) is 0 Å². The maximum Gasteiger partial charge on any atom is 0.240 e. The van der Waals surface area contributed by atoms with E-state index in [1.807, 2.05) is 6.26 Å². The number of thioether (sulfide) groups is 1. The van der Waals surface area contributed by atoms with Gasteiger partial charge in [-0.25, -0.2) is 0 Å². The molecule has 7 nitrogen and oxygen atoms in total. The third kappa shape index (κ3) is 4.54. The van der Waals surface area contributed by atoms with Crippen molar-refractivity contribution in [2.75, 3.05) is 52.2 Å². The standard InChI is InChI=1S/C17H30N4O3S/c1-16(2)12-21(10-15-18-14(11-25-3)19-24-15)5-4-17(16,22)13-20-6-8-23-9-7-20/h22H,4-13H2,1-3H3/t17-/m1/s1. The van der Waals surface area contributed by atoms with Crippen molar-refractivity contribution in [1.29, 1.82) is 0 Å². The van der Waals surface area contributed by atoms with Crippen molar-refractivity contribution in [3.05, 3.63) is 11.7 Å². The molecule has 2 aliphatic heterocycles. The molecule has 1 N–H and O–H groups in total. The Morgan fingerprint density at radius 1 is 1.20 bits per heavy atom. The van der Waals surface area contributed by atoms with E-state index < -0.39 is 5.60 Å². The first kappa shape index (κ1) is 19.1. The SMILES string of the molecule is CSCc1noc(CN2CC[C@@](O)(CN3CCOCC3)C(C)(C)C2)n1. The Kier molecular flexibility index (Phi) is 6.05. The molecule has 0 bridgehead atoms. The zero-order valence-electron chi connectivity index (χ0n) is 15.5. The fourth-order valence-electron chi connectivity index (χ4n) is 3.76. The lowest BCUT2D eigenvalue weighted by atomic mass is 9.69. The van der Waals surface area contributed by atoms with Crippen molar-refractivity contribution < 1.29 is 14.4 Å². The Morgan fingerprint density at radius 2 is 1.96 bits per heavy atom. The highest BCUT2D eigenvalue weighted by atomic mass is 32.2. The summed E-state index contributed by atoms with van der Waals surface area (Å²) in [5, 5.41) is 15.4. The third-order valence-electron chi connectivity index (χ3n) is 5.45. The average molecular weight is 371 g/mol. The summed E-state index contributed by atoms with van der Waals surface area (Å²) in [7, 11) is 0. The van der Waals surface area contributed by atoms with Gasteiger partial charge >= 0.3 is 0 Å². The van der Waals surface area contributed by atoms with Crippen molar-refractivity contribution >= 4 is 11.8 Å². The Labute approximate surface area is 154 Å². The van der Waals surface area contributed by atoms with Gasteiger partial charge in [-0.15, -0.1) is 0 Å². The summed E-state index contributed by atoms with van der Waals surface area (Å²) in [6, 6.07) is 0. The van der Waals surface area contributed by atoms with Crippen LogP contribution >= 0.6 is 11.8 Å². The molecule has 0 aliphatic carbocycles. The van der Waals surface area contributed by atoms with E-state index in [1.54, 1.807) is 11.8 Å². The predicted molar refractivity (Wildman–Crippen MR) is 97.4 cm³/mol. The summed E-state index contributed by atoms with van der Waals surface area (Å²) in [5.41, 5.74) is -0.884. The van der Waals surface area contributed by atoms with Crippen molar-refractivity contribution in [2.45, 2.75) is 38.2 Å². The molecule has 1 atom stereocenters. The maximum absolute atomic E-state index is 11.3. The lowest BCUT2D eigenvalue weighted by Crippen LogP contribution is -2.62. The molecule has 0 aromatic carbocycles. The summed E-state index contributed by atoms with van der Waals surface area (Å²) >= 11 is 1.68. The van der Waals surface area contributed by atoms with Crippen LogP contribution in [-0.4, -0.2) is 82.8 Å². The molecule has 0 saturated carbocycles. The van der Waals surface area contributed by atoms with E-state index in [0.29, 0.717) is 12.4 Å². The third-order valence-corrected chi connectivity index (χ3v) is 6.00. The van der Waals surface area contributed by atoms with E-state index in [1.165, 1.54) is 0 Å². The number of hydrogen-bond donors (Lipinski definition) is 1. The van der Waals surface area contributed by atoms with Gasteiger partial charge in [0, 0.05) is 38.1 Å². The lowest BCUT2D eigenvalue weighted by Gasteiger charge is -2.52. The highest BCUT2D eigenvalue weighted by molar-refractivity contribution is 7.97. The molecule has 142 valence electrons. The van der Waals surface area contributed by atoms with Crippen LogP contribution in [-0.2, 0) is 17.0 Å².